The molecule has 0 unspecified atom stereocenters. The van der Waals surface area contributed by atoms with E-state index < -0.39 is 0 Å². The molecular formula is C19H16N2OS. The molecule has 0 saturated carbocycles. The first-order chi connectivity index (χ1) is 11.2. The minimum atomic E-state index is -0.241. The van der Waals surface area contributed by atoms with Gasteiger partial charge in [-0.05, 0) is 18.7 Å². The highest BCUT2D eigenvalue weighted by molar-refractivity contribution is 8.13. The Morgan fingerprint density at radius 2 is 1.74 bits per heavy atom. The second kappa shape index (κ2) is 5.39. The van der Waals surface area contributed by atoms with E-state index in [0.717, 1.165) is 33.1 Å². The molecule has 23 heavy (non-hydrogen) atoms. The van der Waals surface area contributed by atoms with Crippen molar-refractivity contribution in [3.05, 3.63) is 76.4 Å². The van der Waals surface area contributed by atoms with Gasteiger partial charge >= 0.3 is 0 Å². The minimum absolute atomic E-state index is 0.0811. The normalized spacial score (nSPS) is 19.1. The number of nitrogens with one attached hydrogen (secondary N) is 1. The fraction of sp³-hybridized carbons (Fsp3) is 0.158. The van der Waals surface area contributed by atoms with Gasteiger partial charge in [0.15, 0.2) is 11.0 Å². The van der Waals surface area contributed by atoms with E-state index in [1.54, 1.807) is 11.8 Å². The number of thioether (sulfide) groups is 1. The van der Waals surface area contributed by atoms with E-state index in [-0.39, 0.29) is 11.8 Å². The third-order valence-corrected chi connectivity index (χ3v) is 4.89. The molecule has 0 aromatic heterocycles. The van der Waals surface area contributed by atoms with Gasteiger partial charge in [-0.2, -0.15) is 0 Å². The predicted octanol–water partition coefficient (Wildman–Crippen LogP) is 3.97. The number of nitrogens with zero attached hydrogens (tertiary/aromatic N) is 1. The molecule has 0 bridgehead atoms. The zero-order valence-electron chi connectivity index (χ0n) is 13.0. The Kier molecular flexibility index (Phi) is 3.34. The molecule has 1 aliphatic heterocycles. The van der Waals surface area contributed by atoms with Gasteiger partial charge in [0.2, 0.25) is 0 Å². The van der Waals surface area contributed by atoms with Gasteiger partial charge in [0.1, 0.15) is 6.04 Å². The number of carbonyl (C=O) groups excluding carboxylic acids is 1. The van der Waals surface area contributed by atoms with Gasteiger partial charge in [-0.15, -0.1) is 0 Å². The maximum Gasteiger partial charge on any atom is 0.194 e. The predicted molar refractivity (Wildman–Crippen MR) is 95.7 cm³/mol. The van der Waals surface area contributed by atoms with Crippen LogP contribution >= 0.6 is 11.8 Å². The van der Waals surface area contributed by atoms with Crippen molar-refractivity contribution >= 4 is 28.4 Å². The molecule has 3 nitrogen and oxygen atoms in total. The van der Waals surface area contributed by atoms with Crippen LogP contribution in [0.2, 0.25) is 0 Å². The van der Waals surface area contributed by atoms with Crippen molar-refractivity contribution in [3.63, 3.8) is 0 Å². The Balaban J connectivity index is 1.88. The van der Waals surface area contributed by atoms with E-state index in [4.69, 9.17) is 4.99 Å². The average molecular weight is 320 g/mol. The number of rotatable bonds is 1. The summed E-state index contributed by atoms with van der Waals surface area (Å²) in [5.41, 5.74) is 5.67. The third-order valence-electron chi connectivity index (χ3n) is 4.29. The van der Waals surface area contributed by atoms with E-state index in [2.05, 4.69) is 36.5 Å². The Hall–Kier alpha value is -2.33. The van der Waals surface area contributed by atoms with Crippen molar-refractivity contribution in [2.75, 3.05) is 6.26 Å². The molecule has 0 fully saturated rings. The molecule has 0 amide bonds. The summed E-state index contributed by atoms with van der Waals surface area (Å²) in [6.45, 7) is 2.06. The number of aryl methyl sites for hydroxylation is 1. The fourth-order valence-corrected chi connectivity index (χ4v) is 3.53. The van der Waals surface area contributed by atoms with Gasteiger partial charge in [-0.25, -0.2) is 4.99 Å². The summed E-state index contributed by atoms with van der Waals surface area (Å²) in [5, 5.41) is 4.18. The highest BCUT2D eigenvalue weighted by atomic mass is 32.2. The number of Topliss-reactive ketones (excluding diaryl/α,β-unsaturated/α-hetero) is 1. The van der Waals surface area contributed by atoms with E-state index >= 15 is 0 Å². The number of hydrogen-bond acceptors (Lipinski definition) is 4. The van der Waals surface area contributed by atoms with Gasteiger partial charge in [-0.3, -0.25) is 4.79 Å². The summed E-state index contributed by atoms with van der Waals surface area (Å²) in [7, 11) is 0. The lowest BCUT2D eigenvalue weighted by atomic mass is 9.95. The van der Waals surface area contributed by atoms with E-state index in [9.17, 15) is 4.79 Å². The molecule has 4 heteroatoms. The first-order valence-corrected chi connectivity index (χ1v) is 8.75. The van der Waals surface area contributed by atoms with Crippen LogP contribution in [0.1, 0.15) is 33.1 Å². The second-order valence-electron chi connectivity index (χ2n) is 5.74. The SMILES string of the molecule is CSC1=N[C@H](c2ccc(C)cc2)C2=C(N1)c1ccccc1C2=O. The maximum absolute atomic E-state index is 12.9. The molecule has 114 valence electrons. The number of carbonyl (C=O) groups is 1. The summed E-state index contributed by atoms with van der Waals surface area (Å²) in [6.07, 6.45) is 1.99. The number of aliphatic imine (C=N–C) groups is 1. The highest BCUT2D eigenvalue weighted by Gasteiger charge is 2.37. The molecule has 0 spiro atoms. The summed E-state index contributed by atoms with van der Waals surface area (Å²) in [6, 6.07) is 15.8. The Labute approximate surface area is 139 Å². The Morgan fingerprint density at radius 1 is 1.04 bits per heavy atom. The van der Waals surface area contributed by atoms with Crippen LogP contribution in [0.15, 0.2) is 59.1 Å². The molecule has 1 aliphatic carbocycles. The molecular weight excluding hydrogens is 304 g/mol. The molecule has 0 radical (unpaired) electrons. The highest BCUT2D eigenvalue weighted by Crippen LogP contribution is 2.42. The van der Waals surface area contributed by atoms with Gasteiger partial charge in [0, 0.05) is 11.1 Å². The van der Waals surface area contributed by atoms with Crippen molar-refractivity contribution < 1.29 is 4.79 Å². The minimum Gasteiger partial charge on any atom is -0.334 e. The molecule has 1 heterocycles. The summed E-state index contributed by atoms with van der Waals surface area (Å²) < 4.78 is 0. The van der Waals surface area contributed by atoms with Crippen LogP contribution in [0.5, 0.6) is 0 Å². The Bertz CT molecular complexity index is 865. The van der Waals surface area contributed by atoms with Crippen molar-refractivity contribution in [3.8, 4) is 0 Å². The van der Waals surface area contributed by atoms with Crippen LogP contribution in [0.25, 0.3) is 5.70 Å². The lowest BCUT2D eigenvalue weighted by Gasteiger charge is -2.23. The monoisotopic (exact) mass is 320 g/mol. The first kappa shape index (κ1) is 14.3. The summed E-state index contributed by atoms with van der Waals surface area (Å²) >= 11 is 1.57. The van der Waals surface area contributed by atoms with Gasteiger partial charge in [0.25, 0.3) is 0 Å². The van der Waals surface area contributed by atoms with Crippen LogP contribution in [0.4, 0.5) is 0 Å². The standard InChI is InChI=1S/C19H16N2OS/c1-11-7-9-12(10-8-11)16-15-17(21-19(20-16)23-2)13-5-3-4-6-14(13)18(15)22/h3-10,16H,1-2H3,(H,20,21)/t16-/m1/s1. The van der Waals surface area contributed by atoms with Crippen LogP contribution < -0.4 is 5.32 Å². The van der Waals surface area contributed by atoms with Gasteiger partial charge < -0.3 is 5.32 Å². The number of hydrogen-bond donors (Lipinski definition) is 1. The topological polar surface area (TPSA) is 41.5 Å². The van der Waals surface area contributed by atoms with E-state index in [1.807, 2.05) is 30.5 Å². The van der Waals surface area contributed by atoms with Crippen molar-refractivity contribution in [1.29, 1.82) is 0 Å². The van der Waals surface area contributed by atoms with E-state index in [0.29, 0.717) is 0 Å². The quantitative estimate of drug-likeness (QED) is 0.864. The molecule has 1 N–H and O–H groups in total. The largest absolute Gasteiger partial charge is 0.334 e. The number of amidine groups is 1. The number of fused-ring (bicyclic) bond motifs is 2. The Morgan fingerprint density at radius 3 is 2.43 bits per heavy atom. The second-order valence-corrected chi connectivity index (χ2v) is 6.53. The third kappa shape index (κ3) is 2.21. The van der Waals surface area contributed by atoms with Gasteiger partial charge in [0.05, 0.1) is 11.3 Å². The van der Waals surface area contributed by atoms with Crippen LogP contribution in [-0.4, -0.2) is 17.2 Å². The lowest BCUT2D eigenvalue weighted by Crippen LogP contribution is -2.26. The molecule has 4 rings (SSSR count). The first-order valence-electron chi connectivity index (χ1n) is 7.52. The molecule has 2 aromatic carbocycles. The molecule has 1 atom stereocenters. The van der Waals surface area contributed by atoms with Crippen molar-refractivity contribution in [2.45, 2.75) is 13.0 Å². The molecule has 0 saturated heterocycles. The van der Waals surface area contributed by atoms with Crippen molar-refractivity contribution in [1.82, 2.24) is 5.32 Å². The van der Waals surface area contributed by atoms with E-state index in [1.165, 1.54) is 5.56 Å². The smallest absolute Gasteiger partial charge is 0.194 e. The van der Waals surface area contributed by atoms with Crippen LogP contribution in [-0.2, 0) is 0 Å². The average Bonchev–Trinajstić information content (AvgIpc) is 2.88. The van der Waals surface area contributed by atoms with Gasteiger partial charge in [-0.1, -0.05) is 65.9 Å². The van der Waals surface area contributed by atoms with Crippen molar-refractivity contribution in [2.24, 2.45) is 4.99 Å². The summed E-state index contributed by atoms with van der Waals surface area (Å²) in [4.78, 5) is 17.7. The van der Waals surface area contributed by atoms with Crippen LogP contribution in [0, 0.1) is 6.92 Å². The summed E-state index contributed by atoms with van der Waals surface area (Å²) in [5.74, 6) is 0.0811. The lowest BCUT2D eigenvalue weighted by molar-refractivity contribution is 0.103. The zero-order valence-corrected chi connectivity index (χ0v) is 13.8. The molecule has 2 aromatic rings. The fourth-order valence-electron chi connectivity index (χ4n) is 3.11. The maximum atomic E-state index is 12.9. The zero-order chi connectivity index (χ0) is 16.0. The van der Waals surface area contributed by atoms with Crippen LogP contribution in [0.3, 0.4) is 0 Å². The number of ketones is 1. The number of benzene rings is 2. The molecule has 2 aliphatic rings.